The van der Waals surface area contributed by atoms with Gasteiger partial charge in [0.1, 0.15) is 0 Å². The molecule has 6 heteroatoms. The summed E-state index contributed by atoms with van der Waals surface area (Å²) in [6, 6.07) is 14.5. The maximum atomic E-state index is 10.8. The van der Waals surface area contributed by atoms with Gasteiger partial charge in [0, 0.05) is 31.8 Å². The van der Waals surface area contributed by atoms with Crippen LogP contribution in [0.5, 0.6) is 0 Å². The monoisotopic (exact) mass is 350 g/mol. The Kier molecular flexibility index (Phi) is 5.61. The smallest absolute Gasteiger partial charge is 0.269 e. The number of nitrogens with zero attached hydrogens (tertiary/aromatic N) is 4. The lowest BCUT2D eigenvalue weighted by molar-refractivity contribution is -0.384. The number of nitro groups is 1. The molecule has 0 unspecified atom stereocenters. The third-order valence-corrected chi connectivity index (χ3v) is 4.81. The van der Waals surface area contributed by atoms with E-state index in [-0.39, 0.29) is 5.69 Å². The van der Waals surface area contributed by atoms with Crippen molar-refractivity contribution in [3.8, 4) is 17.2 Å². The lowest BCUT2D eigenvalue weighted by Gasteiger charge is -2.20. The Morgan fingerprint density at radius 3 is 2.58 bits per heavy atom. The standard InChI is InChI=1S/C20H22N4O2/c1-22-9-2-10-23(12-11-22)15-16-3-8-20(18(13-16)14-21)17-4-6-19(7-5-17)24(25)26/h3-8,13H,2,9-12,15H2,1H3. The zero-order valence-electron chi connectivity index (χ0n) is 14.9. The van der Waals surface area contributed by atoms with Crippen LogP contribution in [0.2, 0.25) is 0 Å². The van der Waals surface area contributed by atoms with E-state index >= 15 is 0 Å². The van der Waals surface area contributed by atoms with Gasteiger partial charge in [0.2, 0.25) is 0 Å². The fraction of sp³-hybridized carbons (Fsp3) is 0.350. The summed E-state index contributed by atoms with van der Waals surface area (Å²) in [5, 5.41) is 20.4. The van der Waals surface area contributed by atoms with Crippen LogP contribution in [0.1, 0.15) is 17.5 Å². The van der Waals surface area contributed by atoms with E-state index < -0.39 is 4.92 Å². The Hall–Kier alpha value is -2.75. The largest absolute Gasteiger partial charge is 0.305 e. The molecule has 0 spiro atoms. The number of rotatable bonds is 4. The second-order valence-corrected chi connectivity index (χ2v) is 6.73. The molecular weight excluding hydrogens is 328 g/mol. The van der Waals surface area contributed by atoms with Gasteiger partial charge in [-0.05, 0) is 61.4 Å². The summed E-state index contributed by atoms with van der Waals surface area (Å²) in [7, 11) is 2.15. The van der Waals surface area contributed by atoms with Gasteiger partial charge in [0.05, 0.1) is 16.6 Å². The van der Waals surface area contributed by atoms with Crippen molar-refractivity contribution in [2.24, 2.45) is 0 Å². The number of hydrogen-bond acceptors (Lipinski definition) is 5. The molecular formula is C20H22N4O2. The highest BCUT2D eigenvalue weighted by molar-refractivity contribution is 5.71. The molecule has 0 amide bonds. The van der Waals surface area contributed by atoms with Crippen molar-refractivity contribution in [2.45, 2.75) is 13.0 Å². The zero-order valence-corrected chi connectivity index (χ0v) is 14.9. The highest BCUT2D eigenvalue weighted by Gasteiger charge is 2.14. The van der Waals surface area contributed by atoms with Gasteiger partial charge < -0.3 is 4.90 Å². The Bertz CT molecular complexity index is 827. The molecule has 0 N–H and O–H groups in total. The number of nitriles is 1. The minimum atomic E-state index is -0.420. The third kappa shape index (κ3) is 4.26. The molecule has 26 heavy (non-hydrogen) atoms. The van der Waals surface area contributed by atoms with Crippen molar-refractivity contribution in [3.05, 3.63) is 63.7 Å². The molecule has 3 rings (SSSR count). The summed E-state index contributed by atoms with van der Waals surface area (Å²) < 4.78 is 0. The maximum Gasteiger partial charge on any atom is 0.269 e. The van der Waals surface area contributed by atoms with E-state index in [1.165, 1.54) is 12.1 Å². The molecule has 0 atom stereocenters. The Balaban J connectivity index is 1.79. The van der Waals surface area contributed by atoms with Crippen LogP contribution in [-0.2, 0) is 6.54 Å². The minimum Gasteiger partial charge on any atom is -0.305 e. The molecule has 6 nitrogen and oxygen atoms in total. The van der Waals surface area contributed by atoms with Crippen molar-refractivity contribution in [1.82, 2.24) is 9.80 Å². The van der Waals surface area contributed by atoms with E-state index in [2.05, 4.69) is 22.9 Å². The SMILES string of the molecule is CN1CCCN(Cc2ccc(-c3ccc([N+](=O)[O-])cc3)c(C#N)c2)CC1. The van der Waals surface area contributed by atoms with Crippen molar-refractivity contribution in [3.63, 3.8) is 0 Å². The van der Waals surface area contributed by atoms with Gasteiger partial charge in [-0.1, -0.05) is 12.1 Å². The van der Waals surface area contributed by atoms with Crippen molar-refractivity contribution < 1.29 is 4.92 Å². The molecule has 2 aromatic carbocycles. The van der Waals surface area contributed by atoms with E-state index in [0.29, 0.717) is 5.56 Å². The van der Waals surface area contributed by atoms with Crippen LogP contribution < -0.4 is 0 Å². The molecule has 0 bridgehead atoms. The van der Waals surface area contributed by atoms with Crippen molar-refractivity contribution >= 4 is 5.69 Å². The summed E-state index contributed by atoms with van der Waals surface area (Å²) in [5.74, 6) is 0. The van der Waals surface area contributed by atoms with Gasteiger partial charge in [-0.25, -0.2) is 0 Å². The quantitative estimate of drug-likeness (QED) is 0.625. The van der Waals surface area contributed by atoms with E-state index in [9.17, 15) is 15.4 Å². The summed E-state index contributed by atoms with van der Waals surface area (Å²) in [4.78, 5) is 15.1. The van der Waals surface area contributed by atoms with E-state index in [4.69, 9.17) is 0 Å². The number of likely N-dealkylation sites (N-methyl/N-ethyl adjacent to an activating group) is 1. The highest BCUT2D eigenvalue weighted by atomic mass is 16.6. The van der Waals surface area contributed by atoms with Crippen LogP contribution in [0.4, 0.5) is 5.69 Å². The molecule has 1 fully saturated rings. The molecule has 134 valence electrons. The number of nitro benzene ring substituents is 1. The molecule has 0 aromatic heterocycles. The van der Waals surface area contributed by atoms with Gasteiger partial charge in [-0.3, -0.25) is 15.0 Å². The first-order valence-electron chi connectivity index (χ1n) is 8.75. The first kappa shape index (κ1) is 18.1. The van der Waals surface area contributed by atoms with Crippen LogP contribution in [0, 0.1) is 21.4 Å². The lowest BCUT2D eigenvalue weighted by atomic mass is 9.98. The second-order valence-electron chi connectivity index (χ2n) is 6.73. The van der Waals surface area contributed by atoms with Crippen molar-refractivity contribution in [2.75, 3.05) is 33.2 Å². The van der Waals surface area contributed by atoms with Crippen LogP contribution in [0.15, 0.2) is 42.5 Å². The molecule has 0 aliphatic carbocycles. The van der Waals surface area contributed by atoms with E-state index in [0.717, 1.165) is 55.8 Å². The molecule has 1 saturated heterocycles. The first-order valence-corrected chi connectivity index (χ1v) is 8.75. The van der Waals surface area contributed by atoms with Crippen LogP contribution in [0.3, 0.4) is 0 Å². The summed E-state index contributed by atoms with van der Waals surface area (Å²) >= 11 is 0. The number of non-ortho nitro benzene ring substituents is 1. The van der Waals surface area contributed by atoms with E-state index in [1.807, 2.05) is 18.2 Å². The summed E-state index contributed by atoms with van der Waals surface area (Å²) in [6.45, 7) is 5.12. The Labute approximate surface area is 153 Å². The topological polar surface area (TPSA) is 73.4 Å². The summed E-state index contributed by atoms with van der Waals surface area (Å²) in [6.07, 6.45) is 1.16. The Morgan fingerprint density at radius 2 is 1.88 bits per heavy atom. The molecule has 0 radical (unpaired) electrons. The van der Waals surface area contributed by atoms with Gasteiger partial charge >= 0.3 is 0 Å². The molecule has 1 aliphatic heterocycles. The molecule has 0 saturated carbocycles. The van der Waals surface area contributed by atoms with Crippen LogP contribution in [0.25, 0.3) is 11.1 Å². The predicted octanol–water partition coefficient (Wildman–Crippen LogP) is 3.27. The maximum absolute atomic E-state index is 10.8. The average Bonchev–Trinajstić information content (AvgIpc) is 2.86. The number of benzene rings is 2. The predicted molar refractivity (Wildman–Crippen MR) is 101 cm³/mol. The van der Waals surface area contributed by atoms with E-state index in [1.54, 1.807) is 12.1 Å². The van der Waals surface area contributed by atoms with Crippen molar-refractivity contribution in [1.29, 1.82) is 5.26 Å². The van der Waals surface area contributed by atoms with Gasteiger partial charge in [0.15, 0.2) is 0 Å². The molecule has 1 heterocycles. The van der Waals surface area contributed by atoms with Crippen LogP contribution in [-0.4, -0.2) is 47.9 Å². The average molecular weight is 350 g/mol. The second kappa shape index (κ2) is 8.09. The highest BCUT2D eigenvalue weighted by Crippen LogP contribution is 2.27. The minimum absolute atomic E-state index is 0.0509. The fourth-order valence-corrected chi connectivity index (χ4v) is 3.31. The van der Waals surface area contributed by atoms with Crippen LogP contribution >= 0.6 is 0 Å². The number of hydrogen-bond donors (Lipinski definition) is 0. The van der Waals surface area contributed by atoms with Gasteiger partial charge in [-0.15, -0.1) is 0 Å². The zero-order chi connectivity index (χ0) is 18.5. The molecule has 2 aromatic rings. The normalized spacial score (nSPS) is 16.0. The third-order valence-electron chi connectivity index (χ3n) is 4.81. The summed E-state index contributed by atoms with van der Waals surface area (Å²) in [5.41, 5.74) is 3.40. The van der Waals surface area contributed by atoms with Gasteiger partial charge in [-0.2, -0.15) is 5.26 Å². The Morgan fingerprint density at radius 1 is 1.12 bits per heavy atom. The fourth-order valence-electron chi connectivity index (χ4n) is 3.31. The molecule has 1 aliphatic rings. The van der Waals surface area contributed by atoms with Gasteiger partial charge in [0.25, 0.3) is 5.69 Å². The first-order chi connectivity index (χ1) is 12.6. The lowest BCUT2D eigenvalue weighted by Crippen LogP contribution is -2.28.